The predicted octanol–water partition coefficient (Wildman–Crippen LogP) is 6.11. The molecule has 0 spiro atoms. The van der Waals surface area contributed by atoms with Crippen LogP contribution in [0.5, 0.6) is 0 Å². The van der Waals surface area contributed by atoms with E-state index < -0.39 is 6.10 Å². The lowest BCUT2D eigenvalue weighted by Crippen LogP contribution is -2.25. The normalized spacial score (nSPS) is 24.1. The molecule has 3 aromatic rings. The summed E-state index contributed by atoms with van der Waals surface area (Å²) in [4.78, 5) is 25.1. The van der Waals surface area contributed by atoms with Crippen molar-refractivity contribution in [3.8, 4) is 11.1 Å². The fraction of sp³-hybridized carbons (Fsp3) is 0.333. The smallest absolute Gasteiger partial charge is 0.338 e. The maximum atomic E-state index is 13.1. The minimum Gasteiger partial charge on any atom is -0.462 e. The van der Waals surface area contributed by atoms with Gasteiger partial charge in [0.25, 0.3) is 0 Å². The number of fused-ring (bicyclic) bond motifs is 1. The van der Waals surface area contributed by atoms with Crippen LogP contribution in [0.2, 0.25) is 0 Å². The van der Waals surface area contributed by atoms with Gasteiger partial charge in [-0.1, -0.05) is 91.4 Å². The average molecular weight is 511 g/mol. The van der Waals surface area contributed by atoms with Gasteiger partial charge in [0, 0.05) is 30.8 Å². The first-order valence-electron chi connectivity index (χ1n) is 13.3. The number of carbonyl (C=O) groups excluding carboxylic acids is 2. The first-order chi connectivity index (χ1) is 18.4. The molecule has 5 heteroatoms. The molecule has 1 N–H and O–H groups in total. The summed E-state index contributed by atoms with van der Waals surface area (Å²) >= 11 is 0. The van der Waals surface area contributed by atoms with E-state index in [-0.39, 0.29) is 48.3 Å². The van der Waals surface area contributed by atoms with Crippen LogP contribution in [-0.4, -0.2) is 35.9 Å². The summed E-state index contributed by atoms with van der Waals surface area (Å²) in [7, 11) is 0. The van der Waals surface area contributed by atoms with Gasteiger partial charge in [0.05, 0.1) is 12.0 Å². The molecule has 5 nitrogen and oxygen atoms in total. The van der Waals surface area contributed by atoms with Crippen molar-refractivity contribution in [2.75, 3.05) is 6.61 Å². The zero-order chi connectivity index (χ0) is 26.6. The van der Waals surface area contributed by atoms with E-state index in [1.165, 1.54) is 11.1 Å². The Labute approximate surface area is 224 Å². The minimum absolute atomic E-state index is 0.0000712. The van der Waals surface area contributed by atoms with Gasteiger partial charge in [-0.2, -0.15) is 0 Å². The van der Waals surface area contributed by atoms with Crippen LogP contribution in [0.25, 0.3) is 11.1 Å². The van der Waals surface area contributed by atoms with E-state index in [0.29, 0.717) is 18.4 Å². The summed E-state index contributed by atoms with van der Waals surface area (Å²) in [5.74, 6) is -0.768. The number of benzene rings is 3. The summed E-state index contributed by atoms with van der Waals surface area (Å²) in [6, 6.07) is 25.7. The van der Waals surface area contributed by atoms with E-state index in [2.05, 4.69) is 32.0 Å². The molecule has 38 heavy (non-hydrogen) atoms. The van der Waals surface area contributed by atoms with Gasteiger partial charge in [0.2, 0.25) is 0 Å². The van der Waals surface area contributed by atoms with E-state index in [4.69, 9.17) is 9.47 Å². The van der Waals surface area contributed by atoms with Crippen LogP contribution in [0.15, 0.2) is 91.0 Å². The van der Waals surface area contributed by atoms with Crippen molar-refractivity contribution in [2.45, 2.75) is 44.8 Å². The second kappa shape index (κ2) is 11.4. The van der Waals surface area contributed by atoms with Crippen molar-refractivity contribution in [3.63, 3.8) is 0 Å². The number of ether oxygens (including phenoxy) is 2. The lowest BCUT2D eigenvalue weighted by atomic mass is 9.85. The molecular weight excluding hydrogens is 476 g/mol. The van der Waals surface area contributed by atoms with Crippen LogP contribution in [-0.2, 0) is 14.3 Å². The number of esters is 2. The molecule has 2 unspecified atom stereocenters. The molecule has 1 saturated heterocycles. The zero-order valence-electron chi connectivity index (χ0n) is 21.8. The summed E-state index contributed by atoms with van der Waals surface area (Å²) in [5.41, 5.74) is 4.95. The molecule has 6 atom stereocenters. The summed E-state index contributed by atoms with van der Waals surface area (Å²) in [5, 5.41) is 10.2. The van der Waals surface area contributed by atoms with E-state index in [9.17, 15) is 14.7 Å². The van der Waals surface area contributed by atoms with Crippen LogP contribution in [0, 0.1) is 24.7 Å². The monoisotopic (exact) mass is 510 g/mol. The fourth-order valence-corrected chi connectivity index (χ4v) is 5.78. The molecule has 1 heterocycles. The number of aliphatic hydroxyl groups excluding tert-OH is 1. The van der Waals surface area contributed by atoms with Gasteiger partial charge in [-0.05, 0) is 41.7 Å². The van der Waals surface area contributed by atoms with E-state index in [0.717, 1.165) is 11.1 Å². The third-order valence-corrected chi connectivity index (χ3v) is 8.04. The van der Waals surface area contributed by atoms with E-state index >= 15 is 0 Å². The third-order valence-electron chi connectivity index (χ3n) is 8.04. The summed E-state index contributed by atoms with van der Waals surface area (Å²) in [6.45, 7) is 4.17. The molecule has 1 aliphatic heterocycles. The molecule has 1 saturated carbocycles. The van der Waals surface area contributed by atoms with Gasteiger partial charge in [-0.25, -0.2) is 4.79 Å². The lowest BCUT2D eigenvalue weighted by Gasteiger charge is -2.23. The van der Waals surface area contributed by atoms with Crippen molar-refractivity contribution in [2.24, 2.45) is 17.8 Å². The Hall–Kier alpha value is -3.70. The van der Waals surface area contributed by atoms with Gasteiger partial charge < -0.3 is 14.6 Å². The highest BCUT2D eigenvalue weighted by Gasteiger charge is 2.50. The molecule has 2 fully saturated rings. The van der Waals surface area contributed by atoms with Crippen LogP contribution in [0.4, 0.5) is 0 Å². The molecule has 196 valence electrons. The number of aryl methyl sites for hydroxylation is 1. The largest absolute Gasteiger partial charge is 0.462 e. The van der Waals surface area contributed by atoms with Crippen molar-refractivity contribution in [1.29, 1.82) is 0 Å². The minimum atomic E-state index is -0.399. The summed E-state index contributed by atoms with van der Waals surface area (Å²) in [6.07, 6.45) is 4.21. The van der Waals surface area contributed by atoms with Crippen molar-refractivity contribution < 1.29 is 24.2 Å². The van der Waals surface area contributed by atoms with Gasteiger partial charge in [-0.3, -0.25) is 4.79 Å². The Morgan fingerprint density at radius 1 is 1.05 bits per heavy atom. The maximum Gasteiger partial charge on any atom is 0.338 e. The molecule has 1 aliphatic carbocycles. The topological polar surface area (TPSA) is 72.8 Å². The lowest BCUT2D eigenvalue weighted by molar-refractivity contribution is -0.141. The molecule has 0 amide bonds. The Bertz CT molecular complexity index is 1300. The van der Waals surface area contributed by atoms with Gasteiger partial charge in [-0.15, -0.1) is 0 Å². The van der Waals surface area contributed by atoms with Crippen LogP contribution >= 0.6 is 0 Å². The Balaban J connectivity index is 1.31. The first-order valence-corrected chi connectivity index (χ1v) is 13.3. The van der Waals surface area contributed by atoms with Gasteiger partial charge in [0.15, 0.2) is 0 Å². The highest BCUT2D eigenvalue weighted by Crippen LogP contribution is 2.44. The van der Waals surface area contributed by atoms with Crippen molar-refractivity contribution >= 4 is 11.9 Å². The van der Waals surface area contributed by atoms with Gasteiger partial charge in [0.1, 0.15) is 12.2 Å². The maximum absolute atomic E-state index is 13.1. The van der Waals surface area contributed by atoms with Crippen molar-refractivity contribution in [3.05, 3.63) is 108 Å². The zero-order valence-corrected chi connectivity index (χ0v) is 21.8. The molecular formula is C33H34O5. The quantitative estimate of drug-likeness (QED) is 0.293. The molecule has 5 rings (SSSR count). The number of rotatable bonds is 8. The van der Waals surface area contributed by atoms with E-state index in [1.807, 2.05) is 60.7 Å². The molecule has 0 radical (unpaired) electrons. The van der Waals surface area contributed by atoms with Crippen LogP contribution < -0.4 is 0 Å². The van der Waals surface area contributed by atoms with E-state index in [1.54, 1.807) is 12.1 Å². The molecule has 2 aliphatic rings. The molecule has 0 bridgehead atoms. The second-order valence-corrected chi connectivity index (χ2v) is 10.5. The number of hydrogen-bond donors (Lipinski definition) is 1. The number of carbonyl (C=O) groups is 2. The van der Waals surface area contributed by atoms with Gasteiger partial charge >= 0.3 is 11.9 Å². The average Bonchev–Trinajstić information content (AvgIpc) is 3.44. The number of hydrogen-bond acceptors (Lipinski definition) is 5. The first kappa shape index (κ1) is 25.9. The third kappa shape index (κ3) is 5.58. The summed E-state index contributed by atoms with van der Waals surface area (Å²) < 4.78 is 11.6. The SMILES string of the molecule is Cc1cccc([C@@H](C)C(/C=C/[C@H]2C(OC(=O)c3ccc(-c4ccccc4)cc3)C[C@@H]3OC(=O)C[C@@H]32)CO)c1. The fourth-order valence-electron chi connectivity index (χ4n) is 5.78. The second-order valence-electron chi connectivity index (χ2n) is 10.5. The molecule has 0 aromatic heterocycles. The van der Waals surface area contributed by atoms with Crippen LogP contribution in [0.3, 0.4) is 0 Å². The number of aliphatic hydroxyl groups is 1. The highest BCUT2D eigenvalue weighted by atomic mass is 16.6. The Morgan fingerprint density at radius 2 is 1.79 bits per heavy atom. The Morgan fingerprint density at radius 3 is 2.50 bits per heavy atom. The molecule has 3 aromatic carbocycles. The predicted molar refractivity (Wildman–Crippen MR) is 146 cm³/mol. The Kier molecular flexibility index (Phi) is 7.75. The standard InChI is InChI=1S/C33H34O5/c1-21-7-6-10-26(17-21)22(2)27(20-34)15-16-28-29-18-32(35)37-31(29)19-30(28)38-33(36)25-13-11-24(12-14-25)23-8-4-3-5-9-23/h3-17,22,27-31,34H,18-20H2,1-2H3/b16-15+/t22-,27?,28-,29-,30?,31+/m1/s1. The highest BCUT2D eigenvalue weighted by molar-refractivity contribution is 5.90. The van der Waals surface area contributed by atoms with Crippen LogP contribution in [0.1, 0.15) is 47.2 Å². The van der Waals surface area contributed by atoms with Crippen molar-refractivity contribution in [1.82, 2.24) is 0 Å².